The molecule has 1 aliphatic heterocycles. The van der Waals surface area contributed by atoms with Gasteiger partial charge in [0.1, 0.15) is 0 Å². The van der Waals surface area contributed by atoms with Crippen molar-refractivity contribution >= 4 is 22.6 Å². The molecule has 2 aromatic rings. The van der Waals surface area contributed by atoms with E-state index in [1.807, 2.05) is 36.9 Å². The van der Waals surface area contributed by atoms with Crippen LogP contribution in [0.5, 0.6) is 0 Å². The number of piperidine rings is 1. The second-order valence-corrected chi connectivity index (χ2v) is 6.95. The van der Waals surface area contributed by atoms with Crippen molar-refractivity contribution in [1.29, 1.82) is 0 Å². The lowest BCUT2D eigenvalue weighted by Crippen LogP contribution is -2.44. The standard InChI is InChI=1S/C21H26N2O2/c1-15(23-13-6-5-12-21(23)25)14-20(24)22-16(2)18-11-7-9-17-8-3-4-10-19(17)18/h3-4,7-11,15-16H,5-6,12-14H2,1-2H3,(H,22,24)/t15-,16+/m1/s1. The first kappa shape index (κ1) is 17.5. The highest BCUT2D eigenvalue weighted by molar-refractivity contribution is 5.87. The van der Waals surface area contributed by atoms with Gasteiger partial charge in [-0.25, -0.2) is 0 Å². The number of nitrogens with one attached hydrogen (secondary N) is 1. The maximum absolute atomic E-state index is 12.5. The third-order valence-electron chi connectivity index (χ3n) is 5.04. The van der Waals surface area contributed by atoms with Gasteiger partial charge in [0.15, 0.2) is 0 Å². The predicted octanol–water partition coefficient (Wildman–Crippen LogP) is 3.81. The van der Waals surface area contributed by atoms with Gasteiger partial charge in [-0.1, -0.05) is 42.5 Å². The maximum atomic E-state index is 12.5. The van der Waals surface area contributed by atoms with Crippen LogP contribution in [0.3, 0.4) is 0 Å². The van der Waals surface area contributed by atoms with Crippen molar-refractivity contribution in [2.75, 3.05) is 6.54 Å². The molecule has 0 spiro atoms. The molecular weight excluding hydrogens is 312 g/mol. The second-order valence-electron chi connectivity index (χ2n) is 6.95. The largest absolute Gasteiger partial charge is 0.349 e. The Morgan fingerprint density at radius 1 is 1.12 bits per heavy atom. The van der Waals surface area contributed by atoms with E-state index in [4.69, 9.17) is 0 Å². The molecule has 1 aliphatic rings. The van der Waals surface area contributed by atoms with Crippen LogP contribution < -0.4 is 5.32 Å². The molecule has 3 rings (SSSR count). The molecule has 0 radical (unpaired) electrons. The first-order chi connectivity index (χ1) is 12.1. The number of benzene rings is 2. The molecule has 1 fully saturated rings. The van der Waals surface area contributed by atoms with Gasteiger partial charge >= 0.3 is 0 Å². The molecule has 1 heterocycles. The average molecular weight is 338 g/mol. The number of hydrogen-bond acceptors (Lipinski definition) is 2. The van der Waals surface area contributed by atoms with Gasteiger partial charge in [0.05, 0.1) is 6.04 Å². The number of rotatable bonds is 5. The molecule has 4 heteroatoms. The number of amides is 2. The van der Waals surface area contributed by atoms with E-state index in [-0.39, 0.29) is 23.9 Å². The number of carbonyl (C=O) groups excluding carboxylic acids is 2. The highest BCUT2D eigenvalue weighted by Crippen LogP contribution is 2.24. The Kier molecular flexibility index (Phi) is 5.37. The molecule has 0 aliphatic carbocycles. The van der Waals surface area contributed by atoms with E-state index < -0.39 is 0 Å². The summed E-state index contributed by atoms with van der Waals surface area (Å²) in [7, 11) is 0. The fraction of sp³-hybridized carbons (Fsp3) is 0.429. The average Bonchev–Trinajstić information content (AvgIpc) is 2.61. The van der Waals surface area contributed by atoms with Crippen LogP contribution >= 0.6 is 0 Å². The number of likely N-dealkylation sites (tertiary alicyclic amines) is 1. The quantitative estimate of drug-likeness (QED) is 0.901. The zero-order chi connectivity index (χ0) is 17.8. The van der Waals surface area contributed by atoms with Gasteiger partial charge in [-0.2, -0.15) is 0 Å². The summed E-state index contributed by atoms with van der Waals surface area (Å²) in [5.74, 6) is 0.167. The van der Waals surface area contributed by atoms with E-state index >= 15 is 0 Å². The summed E-state index contributed by atoms with van der Waals surface area (Å²) in [6.45, 7) is 4.74. The fourth-order valence-corrected chi connectivity index (χ4v) is 3.68. The Balaban J connectivity index is 1.65. The maximum Gasteiger partial charge on any atom is 0.222 e. The van der Waals surface area contributed by atoms with Gasteiger partial charge < -0.3 is 10.2 Å². The fourth-order valence-electron chi connectivity index (χ4n) is 3.68. The van der Waals surface area contributed by atoms with Crippen LogP contribution in [0.25, 0.3) is 10.8 Å². The van der Waals surface area contributed by atoms with Gasteiger partial charge in [0, 0.05) is 25.4 Å². The Morgan fingerprint density at radius 3 is 2.68 bits per heavy atom. The lowest BCUT2D eigenvalue weighted by Gasteiger charge is -2.32. The van der Waals surface area contributed by atoms with Crippen LogP contribution in [0.1, 0.15) is 51.1 Å². The van der Waals surface area contributed by atoms with Gasteiger partial charge in [0.25, 0.3) is 0 Å². The lowest BCUT2D eigenvalue weighted by atomic mass is 9.99. The molecule has 132 valence electrons. The Labute approximate surface area is 149 Å². The van der Waals surface area contributed by atoms with E-state index in [1.54, 1.807) is 0 Å². The number of fused-ring (bicyclic) bond motifs is 1. The van der Waals surface area contributed by atoms with E-state index in [2.05, 4.69) is 29.6 Å². The van der Waals surface area contributed by atoms with Crippen LogP contribution in [-0.4, -0.2) is 29.3 Å². The molecule has 0 saturated carbocycles. The number of hydrogen-bond donors (Lipinski definition) is 1. The van der Waals surface area contributed by atoms with E-state index in [1.165, 1.54) is 5.39 Å². The summed E-state index contributed by atoms with van der Waals surface area (Å²) in [5, 5.41) is 5.43. The normalized spacial score (nSPS) is 17.4. The smallest absolute Gasteiger partial charge is 0.222 e. The first-order valence-corrected chi connectivity index (χ1v) is 9.13. The zero-order valence-electron chi connectivity index (χ0n) is 15.0. The van der Waals surface area contributed by atoms with E-state index in [0.29, 0.717) is 12.8 Å². The molecule has 4 nitrogen and oxygen atoms in total. The summed E-state index contributed by atoms with van der Waals surface area (Å²) in [4.78, 5) is 26.3. The molecular formula is C21H26N2O2. The van der Waals surface area contributed by atoms with E-state index in [9.17, 15) is 9.59 Å². The predicted molar refractivity (Wildman–Crippen MR) is 100 cm³/mol. The summed E-state index contributed by atoms with van der Waals surface area (Å²) in [5.41, 5.74) is 1.12. The lowest BCUT2D eigenvalue weighted by molar-refractivity contribution is -0.136. The third-order valence-corrected chi connectivity index (χ3v) is 5.04. The van der Waals surface area contributed by atoms with Crippen molar-refractivity contribution in [2.24, 2.45) is 0 Å². The van der Waals surface area contributed by atoms with Gasteiger partial charge in [-0.15, -0.1) is 0 Å². The SMILES string of the molecule is C[C@H](NC(=O)C[C@@H](C)N1CCCCC1=O)c1cccc2ccccc12. The van der Waals surface area contributed by atoms with Crippen molar-refractivity contribution < 1.29 is 9.59 Å². The second kappa shape index (κ2) is 7.68. The minimum Gasteiger partial charge on any atom is -0.349 e. The molecule has 1 saturated heterocycles. The summed E-state index contributed by atoms with van der Waals surface area (Å²) < 4.78 is 0. The van der Waals surface area contributed by atoms with Crippen molar-refractivity contribution in [1.82, 2.24) is 10.2 Å². The molecule has 25 heavy (non-hydrogen) atoms. The summed E-state index contributed by atoms with van der Waals surface area (Å²) in [6.07, 6.45) is 2.95. The Bertz CT molecular complexity index is 766. The van der Waals surface area contributed by atoms with Gasteiger partial charge in [-0.05, 0) is 43.0 Å². The molecule has 0 unspecified atom stereocenters. The highest BCUT2D eigenvalue weighted by atomic mass is 16.2. The van der Waals surface area contributed by atoms with Crippen LogP contribution in [0.15, 0.2) is 42.5 Å². The Morgan fingerprint density at radius 2 is 1.88 bits per heavy atom. The molecule has 0 aromatic heterocycles. The van der Waals surface area contributed by atoms with Crippen LogP contribution in [0, 0.1) is 0 Å². The molecule has 2 amide bonds. The Hall–Kier alpha value is -2.36. The third kappa shape index (κ3) is 4.01. The molecule has 2 atom stereocenters. The topological polar surface area (TPSA) is 49.4 Å². The minimum absolute atomic E-state index is 0.00805. The van der Waals surface area contributed by atoms with Crippen molar-refractivity contribution in [2.45, 2.75) is 51.6 Å². The highest BCUT2D eigenvalue weighted by Gasteiger charge is 2.25. The van der Waals surface area contributed by atoms with Crippen molar-refractivity contribution in [3.8, 4) is 0 Å². The minimum atomic E-state index is -0.0668. The summed E-state index contributed by atoms with van der Waals surface area (Å²) >= 11 is 0. The van der Waals surface area contributed by atoms with Crippen LogP contribution in [0.4, 0.5) is 0 Å². The van der Waals surface area contributed by atoms with Crippen LogP contribution in [-0.2, 0) is 9.59 Å². The monoisotopic (exact) mass is 338 g/mol. The molecule has 0 bridgehead atoms. The zero-order valence-corrected chi connectivity index (χ0v) is 15.0. The van der Waals surface area contributed by atoms with Gasteiger partial charge in [-0.3, -0.25) is 9.59 Å². The van der Waals surface area contributed by atoms with Crippen molar-refractivity contribution in [3.05, 3.63) is 48.0 Å². The van der Waals surface area contributed by atoms with Gasteiger partial charge in [0.2, 0.25) is 11.8 Å². The van der Waals surface area contributed by atoms with Crippen LogP contribution in [0.2, 0.25) is 0 Å². The molecule has 1 N–H and O–H groups in total. The molecule has 2 aromatic carbocycles. The first-order valence-electron chi connectivity index (χ1n) is 9.13. The van der Waals surface area contributed by atoms with E-state index in [0.717, 1.165) is 30.3 Å². The van der Waals surface area contributed by atoms with Crippen molar-refractivity contribution in [3.63, 3.8) is 0 Å². The summed E-state index contributed by atoms with van der Waals surface area (Å²) in [6, 6.07) is 14.3. The number of carbonyl (C=O) groups is 2. The number of nitrogens with zero attached hydrogens (tertiary/aromatic N) is 1.